The third-order valence-electron chi connectivity index (χ3n) is 7.66. The van der Waals surface area contributed by atoms with Crippen LogP contribution in [0.3, 0.4) is 0 Å². The molecule has 0 bridgehead atoms. The summed E-state index contributed by atoms with van der Waals surface area (Å²) in [6.07, 6.45) is 3.26. The van der Waals surface area contributed by atoms with Crippen molar-refractivity contribution in [2.24, 2.45) is 5.92 Å². The van der Waals surface area contributed by atoms with E-state index in [0.717, 1.165) is 48.6 Å². The van der Waals surface area contributed by atoms with E-state index in [9.17, 15) is 9.59 Å². The Morgan fingerprint density at radius 3 is 2.46 bits per heavy atom. The molecule has 0 spiro atoms. The van der Waals surface area contributed by atoms with Gasteiger partial charge in [-0.2, -0.15) is 5.26 Å². The molecule has 2 amide bonds. The molecule has 2 saturated heterocycles. The monoisotopic (exact) mass is 529 g/mol. The van der Waals surface area contributed by atoms with Gasteiger partial charge in [-0.05, 0) is 48.6 Å². The van der Waals surface area contributed by atoms with Gasteiger partial charge in [0.05, 0.1) is 11.4 Å². The highest BCUT2D eigenvalue weighted by Crippen LogP contribution is 2.35. The first-order valence-electron chi connectivity index (χ1n) is 13.7. The molecular formula is C30H35N5O4. The summed E-state index contributed by atoms with van der Waals surface area (Å²) in [5.41, 5.74) is 3.77. The van der Waals surface area contributed by atoms with Gasteiger partial charge in [-0.15, -0.1) is 0 Å². The lowest BCUT2D eigenvalue weighted by atomic mass is 9.98. The summed E-state index contributed by atoms with van der Waals surface area (Å²) in [7, 11) is 0. The predicted octanol–water partition coefficient (Wildman–Crippen LogP) is 4.52. The van der Waals surface area contributed by atoms with Crippen LogP contribution in [0.2, 0.25) is 0 Å². The number of carbonyl (C=O) groups is 2. The van der Waals surface area contributed by atoms with Crippen LogP contribution >= 0.6 is 0 Å². The highest BCUT2D eigenvalue weighted by molar-refractivity contribution is 5.98. The molecule has 1 unspecified atom stereocenters. The lowest BCUT2D eigenvalue weighted by Crippen LogP contribution is -2.49. The molecule has 9 nitrogen and oxygen atoms in total. The number of allylic oxidation sites excluding steroid dienone is 1. The minimum atomic E-state index is -0.691. The number of ether oxygens (including phenoxy) is 2. The third-order valence-corrected chi connectivity index (χ3v) is 7.66. The number of carbonyl (C=O) groups excluding carboxylic acids is 2. The zero-order chi connectivity index (χ0) is 27.2. The van der Waals surface area contributed by atoms with E-state index in [-0.39, 0.29) is 24.4 Å². The number of nitrogens with zero attached hydrogens (tertiary/aromatic N) is 4. The normalized spacial score (nSPS) is 19.6. The van der Waals surface area contributed by atoms with E-state index in [1.165, 1.54) is 0 Å². The van der Waals surface area contributed by atoms with Crippen LogP contribution < -0.4 is 15.1 Å². The Bertz CT molecular complexity index is 1240. The maximum Gasteiger partial charge on any atom is 0.410 e. The second-order valence-electron chi connectivity index (χ2n) is 10.4. The number of amides is 2. The van der Waals surface area contributed by atoms with Crippen LogP contribution in [0.1, 0.15) is 31.7 Å². The van der Waals surface area contributed by atoms with E-state index in [2.05, 4.69) is 28.1 Å². The molecule has 39 heavy (non-hydrogen) atoms. The number of anilines is 3. The average Bonchev–Trinajstić information content (AvgIpc) is 3.47. The van der Waals surface area contributed by atoms with Crippen molar-refractivity contribution in [3.8, 4) is 6.07 Å². The largest absolute Gasteiger partial charge is 0.470 e. The van der Waals surface area contributed by atoms with Crippen LogP contribution in [0.4, 0.5) is 21.9 Å². The third kappa shape index (κ3) is 6.45. The molecule has 204 valence electrons. The Hall–Kier alpha value is -4.19. The molecule has 0 aromatic heterocycles. The summed E-state index contributed by atoms with van der Waals surface area (Å²) >= 11 is 0. The van der Waals surface area contributed by atoms with Crippen molar-refractivity contribution in [3.63, 3.8) is 0 Å². The van der Waals surface area contributed by atoms with Gasteiger partial charge in [0.2, 0.25) is 0 Å². The average molecular weight is 530 g/mol. The van der Waals surface area contributed by atoms with Crippen LogP contribution in [0.5, 0.6) is 0 Å². The van der Waals surface area contributed by atoms with Gasteiger partial charge in [0.15, 0.2) is 11.9 Å². The second kappa shape index (κ2) is 12.1. The Morgan fingerprint density at radius 1 is 1.03 bits per heavy atom. The van der Waals surface area contributed by atoms with E-state index in [4.69, 9.17) is 14.7 Å². The van der Waals surface area contributed by atoms with Crippen molar-refractivity contribution in [3.05, 3.63) is 65.9 Å². The SMILES string of the molecule is CC1CCN(c2cc(N3CCN(C(=O)OCc4ccccc4)CC3)ccc2NC(=O)C2CC=C(C#N)O2)CC1. The Kier molecular flexibility index (Phi) is 8.21. The highest BCUT2D eigenvalue weighted by Gasteiger charge is 2.28. The summed E-state index contributed by atoms with van der Waals surface area (Å²) in [4.78, 5) is 31.9. The van der Waals surface area contributed by atoms with E-state index >= 15 is 0 Å². The molecule has 3 aliphatic rings. The molecule has 5 rings (SSSR count). The zero-order valence-electron chi connectivity index (χ0n) is 22.3. The van der Waals surface area contributed by atoms with Gasteiger partial charge in [-0.3, -0.25) is 4.79 Å². The number of rotatable bonds is 6. The molecular weight excluding hydrogens is 494 g/mol. The van der Waals surface area contributed by atoms with Gasteiger partial charge < -0.3 is 29.5 Å². The van der Waals surface area contributed by atoms with Gasteiger partial charge in [-0.1, -0.05) is 37.3 Å². The van der Waals surface area contributed by atoms with Crippen LogP contribution in [0.25, 0.3) is 0 Å². The molecule has 2 aromatic carbocycles. The number of nitriles is 1. The number of benzene rings is 2. The van der Waals surface area contributed by atoms with E-state index < -0.39 is 6.10 Å². The molecule has 1 atom stereocenters. The van der Waals surface area contributed by atoms with E-state index in [1.807, 2.05) is 48.5 Å². The number of hydrogen-bond acceptors (Lipinski definition) is 7. The topological polar surface area (TPSA) is 98.1 Å². The van der Waals surface area contributed by atoms with Gasteiger partial charge >= 0.3 is 6.09 Å². The Balaban J connectivity index is 1.24. The van der Waals surface area contributed by atoms with Crippen LogP contribution in [-0.2, 0) is 20.9 Å². The van der Waals surface area contributed by atoms with Gasteiger partial charge in [0.1, 0.15) is 12.7 Å². The smallest absolute Gasteiger partial charge is 0.410 e. The molecule has 2 fully saturated rings. The fraction of sp³-hybridized carbons (Fsp3) is 0.433. The highest BCUT2D eigenvalue weighted by atomic mass is 16.6. The van der Waals surface area contributed by atoms with Crippen LogP contribution in [0, 0.1) is 17.2 Å². The number of piperazine rings is 1. The van der Waals surface area contributed by atoms with Crippen molar-refractivity contribution in [1.29, 1.82) is 5.26 Å². The Morgan fingerprint density at radius 2 is 1.77 bits per heavy atom. The van der Waals surface area contributed by atoms with Crippen LogP contribution in [-0.4, -0.2) is 62.3 Å². The van der Waals surface area contributed by atoms with Crippen molar-refractivity contribution in [1.82, 2.24) is 4.90 Å². The fourth-order valence-corrected chi connectivity index (χ4v) is 5.20. The van der Waals surface area contributed by atoms with Gasteiger partial charge in [0.25, 0.3) is 5.91 Å². The lowest BCUT2D eigenvalue weighted by Gasteiger charge is -2.37. The quantitative estimate of drug-likeness (QED) is 0.588. The minimum Gasteiger partial charge on any atom is -0.470 e. The first-order valence-corrected chi connectivity index (χ1v) is 13.7. The van der Waals surface area contributed by atoms with Crippen molar-refractivity contribution >= 4 is 29.1 Å². The lowest BCUT2D eigenvalue weighted by molar-refractivity contribution is -0.123. The maximum atomic E-state index is 12.9. The second-order valence-corrected chi connectivity index (χ2v) is 10.4. The summed E-state index contributed by atoms with van der Waals surface area (Å²) in [5.74, 6) is 0.622. The zero-order valence-corrected chi connectivity index (χ0v) is 22.3. The van der Waals surface area contributed by atoms with E-state index in [0.29, 0.717) is 38.5 Å². The molecule has 2 aromatic rings. The first-order chi connectivity index (χ1) is 19.0. The van der Waals surface area contributed by atoms with Gasteiger partial charge in [0, 0.05) is 51.4 Å². The summed E-state index contributed by atoms with van der Waals surface area (Å²) in [5, 5.41) is 12.1. The summed E-state index contributed by atoms with van der Waals surface area (Å²) < 4.78 is 11.0. The minimum absolute atomic E-state index is 0.193. The molecule has 3 heterocycles. The molecule has 0 radical (unpaired) electrons. The van der Waals surface area contributed by atoms with Crippen molar-refractivity contribution < 1.29 is 19.1 Å². The van der Waals surface area contributed by atoms with Gasteiger partial charge in [-0.25, -0.2) is 4.79 Å². The standard InChI is InChI=1S/C30H35N5O4/c1-22-11-13-34(14-12-22)27-19-24(7-9-26(27)32-29(36)28-10-8-25(20-31)39-28)33-15-17-35(18-16-33)30(37)38-21-23-5-3-2-4-6-23/h2-9,19,22,28H,10-18,21H2,1H3,(H,32,36). The summed E-state index contributed by atoms with van der Waals surface area (Å²) in [6, 6.07) is 17.8. The first kappa shape index (κ1) is 26.4. The van der Waals surface area contributed by atoms with Crippen molar-refractivity contribution in [2.45, 2.75) is 38.9 Å². The molecule has 0 saturated carbocycles. The molecule has 3 aliphatic heterocycles. The molecule has 1 N–H and O–H groups in total. The fourth-order valence-electron chi connectivity index (χ4n) is 5.20. The van der Waals surface area contributed by atoms with Crippen molar-refractivity contribution in [2.75, 3.05) is 54.4 Å². The Labute approximate surface area is 229 Å². The van der Waals surface area contributed by atoms with Crippen LogP contribution in [0.15, 0.2) is 60.4 Å². The molecule has 9 heteroatoms. The summed E-state index contributed by atoms with van der Waals surface area (Å²) in [6.45, 7) is 6.94. The maximum absolute atomic E-state index is 12.9. The van der Waals surface area contributed by atoms with E-state index in [1.54, 1.807) is 11.0 Å². The number of hydrogen-bond donors (Lipinski definition) is 1. The predicted molar refractivity (Wildman–Crippen MR) is 149 cm³/mol. The number of piperidine rings is 1. The molecule has 0 aliphatic carbocycles. The number of nitrogens with one attached hydrogen (secondary N) is 1.